The number of aliphatic hydroxyl groups excluding tert-OH is 2. The summed E-state index contributed by atoms with van der Waals surface area (Å²) in [6, 6.07) is -0.997. The summed E-state index contributed by atoms with van der Waals surface area (Å²) in [5.74, 6) is -0.450. The maximum atomic E-state index is 12.9. The number of nitrogens with one attached hydrogen (secondary N) is 1. The lowest BCUT2D eigenvalue weighted by molar-refractivity contribution is -0.124. The molecular weight excluding hydrogens is 808 g/mol. The normalized spacial score (nSPS) is 14.4. The van der Waals surface area contributed by atoms with Crippen LogP contribution in [0.25, 0.3) is 0 Å². The number of carbonyl (C=O) groups excluding carboxylic acids is 1. The third-order valence-electron chi connectivity index (χ3n) is 12.3. The van der Waals surface area contributed by atoms with Crippen LogP contribution in [0.5, 0.6) is 0 Å². The number of allylic oxidation sites excluding steroid dienone is 3. The van der Waals surface area contributed by atoms with E-state index < -0.39 is 38.6 Å². The van der Waals surface area contributed by atoms with Crippen LogP contribution in [0.3, 0.4) is 0 Å². The average Bonchev–Trinajstić information content (AvgIpc) is 3.26. The first-order chi connectivity index (χ1) is 30.8. The van der Waals surface area contributed by atoms with Gasteiger partial charge in [-0.1, -0.05) is 256 Å². The lowest BCUT2D eigenvalue weighted by Gasteiger charge is -2.24. The number of phosphoric acid groups is 1. The van der Waals surface area contributed by atoms with E-state index in [0.29, 0.717) is 12.8 Å². The van der Waals surface area contributed by atoms with Crippen molar-refractivity contribution in [2.45, 2.75) is 289 Å². The van der Waals surface area contributed by atoms with Crippen molar-refractivity contribution in [3.8, 4) is 0 Å². The lowest BCUT2D eigenvalue weighted by atomic mass is 10.0. The molecule has 10 heteroatoms. The summed E-state index contributed by atoms with van der Waals surface area (Å²) in [6.07, 6.45) is 55.7. The number of aliphatic hydroxyl groups is 2. The number of nitrogens with two attached hydrogens (primary N) is 1. The Hall–Kier alpha value is -1.06. The van der Waals surface area contributed by atoms with E-state index in [2.05, 4.69) is 31.3 Å². The highest BCUT2D eigenvalue weighted by atomic mass is 31.2. The molecule has 0 heterocycles. The summed E-state index contributed by atoms with van der Waals surface area (Å²) in [6.45, 7) is 4.00. The van der Waals surface area contributed by atoms with Crippen LogP contribution in [0.4, 0.5) is 0 Å². The van der Waals surface area contributed by atoms with Gasteiger partial charge in [-0.25, -0.2) is 4.57 Å². The summed E-state index contributed by atoms with van der Waals surface area (Å²) < 4.78 is 22.2. The lowest BCUT2D eigenvalue weighted by Crippen LogP contribution is -2.46. The third kappa shape index (κ3) is 47.2. The van der Waals surface area contributed by atoms with Crippen molar-refractivity contribution in [3.05, 3.63) is 24.3 Å². The van der Waals surface area contributed by atoms with Crippen molar-refractivity contribution >= 4 is 13.7 Å². The molecule has 0 rings (SSSR count). The molecule has 0 aromatic rings. The molecule has 4 unspecified atom stereocenters. The number of phosphoric ester groups is 1. The van der Waals surface area contributed by atoms with Gasteiger partial charge < -0.3 is 26.2 Å². The van der Waals surface area contributed by atoms with Gasteiger partial charge in [0.1, 0.15) is 0 Å². The molecule has 0 saturated heterocycles. The molecule has 1 amide bonds. The summed E-state index contributed by atoms with van der Waals surface area (Å²) in [7, 11) is -4.41. The van der Waals surface area contributed by atoms with Crippen LogP contribution in [-0.2, 0) is 18.4 Å². The maximum Gasteiger partial charge on any atom is 0.472 e. The topological polar surface area (TPSA) is 151 Å². The highest BCUT2D eigenvalue weighted by molar-refractivity contribution is 7.47. The monoisotopic (exact) mass is 913 g/mol. The van der Waals surface area contributed by atoms with Crippen molar-refractivity contribution in [2.24, 2.45) is 5.73 Å². The number of carbonyl (C=O) groups is 1. The van der Waals surface area contributed by atoms with Crippen molar-refractivity contribution in [1.82, 2.24) is 5.32 Å². The first-order valence-electron chi connectivity index (χ1n) is 27.0. The SMILES string of the molecule is CCCCCCCCCCCCCCCC/C=C/CC/C=C/C(O)C(COP(=O)(O)OCCN)NC(=O)CC(O)CCCCCCCCCCCCCCCCCCCCCCC. The Morgan fingerprint density at radius 2 is 0.905 bits per heavy atom. The van der Waals surface area contributed by atoms with E-state index in [1.807, 2.05) is 6.08 Å². The highest BCUT2D eigenvalue weighted by Gasteiger charge is 2.27. The van der Waals surface area contributed by atoms with Gasteiger partial charge in [-0.15, -0.1) is 0 Å². The van der Waals surface area contributed by atoms with Crippen LogP contribution in [0.1, 0.15) is 271 Å². The third-order valence-corrected chi connectivity index (χ3v) is 13.3. The second-order valence-corrected chi connectivity index (χ2v) is 20.1. The summed E-state index contributed by atoms with van der Waals surface area (Å²) in [4.78, 5) is 22.9. The van der Waals surface area contributed by atoms with E-state index in [9.17, 15) is 24.5 Å². The Morgan fingerprint density at radius 1 is 0.540 bits per heavy atom. The van der Waals surface area contributed by atoms with Gasteiger partial charge in [0.2, 0.25) is 5.91 Å². The second kappa shape index (κ2) is 48.9. The fourth-order valence-electron chi connectivity index (χ4n) is 8.25. The van der Waals surface area contributed by atoms with Gasteiger partial charge in [0, 0.05) is 6.54 Å². The molecule has 9 nitrogen and oxygen atoms in total. The van der Waals surface area contributed by atoms with Gasteiger partial charge in [0.25, 0.3) is 0 Å². The summed E-state index contributed by atoms with van der Waals surface area (Å²) in [5.41, 5.74) is 5.39. The van der Waals surface area contributed by atoms with Gasteiger partial charge >= 0.3 is 7.82 Å². The van der Waals surface area contributed by atoms with E-state index in [1.165, 1.54) is 205 Å². The Kier molecular flexibility index (Phi) is 48.0. The standard InChI is InChI=1S/C53H105N2O7P/c1-3-5-7-9-11-13-15-17-19-21-23-25-26-28-30-32-34-36-38-40-42-44-50(56)48-53(58)55-51(49-62-63(59,60)61-47-46-54)52(57)45-43-41-39-37-35-33-31-29-27-24-22-20-18-16-14-12-10-8-6-4-2/h35,37,43,45,50-52,56-57H,3-34,36,38-42,44,46-49,54H2,1-2H3,(H,55,58)(H,59,60)/b37-35+,45-43+. The molecule has 0 radical (unpaired) electrons. The molecule has 0 aromatic carbocycles. The van der Waals surface area contributed by atoms with Crippen LogP contribution in [0.15, 0.2) is 24.3 Å². The number of amides is 1. The molecule has 0 bridgehead atoms. The molecule has 0 spiro atoms. The molecular formula is C53H105N2O7P. The van der Waals surface area contributed by atoms with E-state index in [1.54, 1.807) is 6.08 Å². The minimum absolute atomic E-state index is 0.0464. The quantitative estimate of drug-likeness (QED) is 0.0230. The van der Waals surface area contributed by atoms with Crippen LogP contribution < -0.4 is 11.1 Å². The summed E-state index contributed by atoms with van der Waals surface area (Å²) >= 11 is 0. The molecule has 374 valence electrons. The minimum Gasteiger partial charge on any atom is -0.393 e. The van der Waals surface area contributed by atoms with E-state index >= 15 is 0 Å². The molecule has 0 fully saturated rings. The smallest absolute Gasteiger partial charge is 0.393 e. The van der Waals surface area contributed by atoms with Crippen LogP contribution in [0, 0.1) is 0 Å². The Bertz CT molecular complexity index is 1060. The fourth-order valence-corrected chi connectivity index (χ4v) is 9.01. The average molecular weight is 913 g/mol. The van der Waals surface area contributed by atoms with Gasteiger partial charge in [-0.2, -0.15) is 0 Å². The largest absolute Gasteiger partial charge is 0.472 e. The number of unbranched alkanes of at least 4 members (excludes halogenated alkanes) is 35. The van der Waals surface area contributed by atoms with Crippen LogP contribution >= 0.6 is 7.82 Å². The van der Waals surface area contributed by atoms with Gasteiger partial charge in [0.05, 0.1) is 37.9 Å². The first kappa shape index (κ1) is 61.9. The molecule has 0 aliphatic rings. The zero-order valence-electron chi connectivity index (χ0n) is 41.4. The van der Waals surface area contributed by atoms with Crippen molar-refractivity contribution in [3.63, 3.8) is 0 Å². The molecule has 4 atom stereocenters. The minimum atomic E-state index is -4.41. The van der Waals surface area contributed by atoms with E-state index in [-0.39, 0.29) is 19.6 Å². The van der Waals surface area contributed by atoms with Gasteiger partial charge in [-0.05, 0) is 32.1 Å². The van der Waals surface area contributed by atoms with E-state index in [0.717, 1.165) is 32.1 Å². The Balaban J connectivity index is 4.17. The van der Waals surface area contributed by atoms with E-state index in [4.69, 9.17) is 14.8 Å². The zero-order chi connectivity index (χ0) is 46.2. The van der Waals surface area contributed by atoms with Crippen LogP contribution in [-0.4, -0.2) is 59.0 Å². The van der Waals surface area contributed by atoms with Gasteiger partial charge in [0.15, 0.2) is 0 Å². The Morgan fingerprint density at radius 3 is 1.32 bits per heavy atom. The zero-order valence-corrected chi connectivity index (χ0v) is 42.3. The van der Waals surface area contributed by atoms with Crippen molar-refractivity contribution in [1.29, 1.82) is 0 Å². The number of hydrogen-bond donors (Lipinski definition) is 5. The predicted octanol–water partition coefficient (Wildman–Crippen LogP) is 15.0. The first-order valence-corrected chi connectivity index (χ1v) is 28.5. The summed E-state index contributed by atoms with van der Waals surface area (Å²) in [5, 5.41) is 24.2. The molecule has 0 aliphatic carbocycles. The molecule has 0 aliphatic heterocycles. The van der Waals surface area contributed by atoms with Crippen molar-refractivity contribution < 1.29 is 33.5 Å². The fraction of sp³-hybridized carbons (Fsp3) is 0.906. The Labute approximate surface area is 390 Å². The molecule has 0 aromatic heterocycles. The molecule has 6 N–H and O–H groups in total. The van der Waals surface area contributed by atoms with Crippen molar-refractivity contribution in [2.75, 3.05) is 19.8 Å². The molecule has 63 heavy (non-hydrogen) atoms. The predicted molar refractivity (Wildman–Crippen MR) is 269 cm³/mol. The highest BCUT2D eigenvalue weighted by Crippen LogP contribution is 2.43. The van der Waals surface area contributed by atoms with Gasteiger partial charge in [-0.3, -0.25) is 13.8 Å². The molecule has 0 saturated carbocycles. The number of hydrogen-bond acceptors (Lipinski definition) is 7. The number of rotatable bonds is 51. The second-order valence-electron chi connectivity index (χ2n) is 18.6. The van der Waals surface area contributed by atoms with Crippen LogP contribution in [0.2, 0.25) is 0 Å². The maximum absolute atomic E-state index is 12.9.